The lowest BCUT2D eigenvalue weighted by Crippen LogP contribution is -2.08. The van der Waals surface area contributed by atoms with Crippen LogP contribution in [0.3, 0.4) is 0 Å². The van der Waals surface area contributed by atoms with E-state index in [1.54, 1.807) is 0 Å². The third kappa shape index (κ3) is 2.12. The highest BCUT2D eigenvalue weighted by molar-refractivity contribution is 6.30. The lowest BCUT2D eigenvalue weighted by molar-refractivity contribution is 0.771. The van der Waals surface area contributed by atoms with Crippen LogP contribution in [0.1, 0.15) is 35.9 Å². The van der Waals surface area contributed by atoms with E-state index in [1.165, 1.54) is 11.9 Å². The molecule has 0 saturated heterocycles. The second-order valence-corrected chi connectivity index (χ2v) is 4.78. The molecule has 0 N–H and O–H groups in total. The monoisotopic (exact) mass is 264 g/mol. The van der Waals surface area contributed by atoms with Crippen molar-refractivity contribution in [3.05, 3.63) is 34.0 Å². The summed E-state index contributed by atoms with van der Waals surface area (Å²) in [5, 5.41) is 5.05. The fourth-order valence-corrected chi connectivity index (χ4v) is 2.18. The minimum absolute atomic E-state index is 0.520. The summed E-state index contributed by atoms with van der Waals surface area (Å²) >= 11 is 6.16. The number of rotatable bonds is 3. The van der Waals surface area contributed by atoms with E-state index in [0.29, 0.717) is 5.15 Å². The minimum Gasteiger partial charge on any atom is -0.224 e. The van der Waals surface area contributed by atoms with Crippen LogP contribution >= 0.6 is 11.6 Å². The van der Waals surface area contributed by atoms with E-state index in [2.05, 4.69) is 28.9 Å². The second kappa shape index (κ2) is 5.06. The van der Waals surface area contributed by atoms with Gasteiger partial charge in [0.2, 0.25) is 0 Å². The maximum Gasteiger partial charge on any atom is 0.161 e. The van der Waals surface area contributed by atoms with Crippen LogP contribution in [0.4, 0.5) is 0 Å². The maximum atomic E-state index is 6.16. The first-order valence-electron chi connectivity index (χ1n) is 6.08. The molecule has 2 aromatic heterocycles. The van der Waals surface area contributed by atoms with Gasteiger partial charge in [0, 0.05) is 11.3 Å². The van der Waals surface area contributed by atoms with Gasteiger partial charge in [-0.2, -0.15) is 5.10 Å². The fraction of sp³-hybridized carbons (Fsp3) is 0.462. The van der Waals surface area contributed by atoms with Crippen LogP contribution in [0.2, 0.25) is 5.15 Å². The molecule has 0 saturated carbocycles. The van der Waals surface area contributed by atoms with Gasteiger partial charge in [0.05, 0.1) is 5.69 Å². The summed E-state index contributed by atoms with van der Waals surface area (Å²) in [6.07, 6.45) is 3.34. The molecular weight excluding hydrogens is 248 g/mol. The molecule has 0 atom stereocenters. The Bertz CT molecular complexity index is 575. The van der Waals surface area contributed by atoms with E-state index in [9.17, 15) is 0 Å². The Hall–Kier alpha value is -1.42. The predicted molar refractivity (Wildman–Crippen MR) is 72.4 cm³/mol. The lowest BCUT2D eigenvalue weighted by Gasteiger charge is -2.10. The third-order valence-corrected chi connectivity index (χ3v) is 3.55. The average molecular weight is 265 g/mol. The van der Waals surface area contributed by atoms with E-state index < -0.39 is 0 Å². The van der Waals surface area contributed by atoms with Crippen LogP contribution in [-0.4, -0.2) is 19.7 Å². The summed E-state index contributed by atoms with van der Waals surface area (Å²) in [5.74, 6) is 0.797. The SMILES string of the molecule is CCCc1c(Cl)ncnc1-n1nc(C)c(C)c1C. The molecule has 0 aromatic carbocycles. The van der Waals surface area contributed by atoms with E-state index in [1.807, 2.05) is 18.5 Å². The van der Waals surface area contributed by atoms with Gasteiger partial charge in [-0.05, 0) is 32.8 Å². The van der Waals surface area contributed by atoms with Gasteiger partial charge in [-0.15, -0.1) is 0 Å². The van der Waals surface area contributed by atoms with Gasteiger partial charge in [0.25, 0.3) is 0 Å². The van der Waals surface area contributed by atoms with E-state index in [0.717, 1.165) is 35.6 Å². The fourth-order valence-electron chi connectivity index (χ4n) is 1.96. The molecule has 0 unspecified atom stereocenters. The molecule has 0 aliphatic carbocycles. The molecule has 0 bridgehead atoms. The van der Waals surface area contributed by atoms with Gasteiger partial charge < -0.3 is 0 Å². The Kier molecular flexibility index (Phi) is 3.66. The van der Waals surface area contributed by atoms with E-state index in [-0.39, 0.29) is 0 Å². The first-order valence-corrected chi connectivity index (χ1v) is 6.46. The molecule has 0 aliphatic heterocycles. The molecular formula is C13H17ClN4. The number of aryl methyl sites for hydroxylation is 1. The first-order chi connectivity index (χ1) is 8.56. The number of nitrogens with zero attached hydrogens (tertiary/aromatic N) is 4. The lowest BCUT2D eigenvalue weighted by atomic mass is 10.2. The zero-order chi connectivity index (χ0) is 13.3. The molecule has 0 spiro atoms. The van der Waals surface area contributed by atoms with Crippen LogP contribution in [0.25, 0.3) is 5.82 Å². The summed E-state index contributed by atoms with van der Waals surface area (Å²) in [6.45, 7) is 8.22. The van der Waals surface area contributed by atoms with Crippen molar-refractivity contribution >= 4 is 11.6 Å². The van der Waals surface area contributed by atoms with Gasteiger partial charge in [-0.3, -0.25) is 0 Å². The number of halogens is 1. The maximum absolute atomic E-state index is 6.16. The van der Waals surface area contributed by atoms with Crippen molar-refractivity contribution in [2.45, 2.75) is 40.5 Å². The van der Waals surface area contributed by atoms with Crippen molar-refractivity contribution in [3.63, 3.8) is 0 Å². The third-order valence-electron chi connectivity index (χ3n) is 3.22. The second-order valence-electron chi connectivity index (χ2n) is 4.42. The molecule has 4 nitrogen and oxygen atoms in total. The van der Waals surface area contributed by atoms with Crippen molar-refractivity contribution in [3.8, 4) is 5.82 Å². The van der Waals surface area contributed by atoms with Gasteiger partial charge in [0.15, 0.2) is 5.82 Å². The summed E-state index contributed by atoms with van der Waals surface area (Å²) < 4.78 is 1.86. The Morgan fingerprint density at radius 1 is 1.22 bits per heavy atom. The molecule has 0 radical (unpaired) electrons. The quantitative estimate of drug-likeness (QED) is 0.800. The molecule has 0 fully saturated rings. The number of hydrogen-bond donors (Lipinski definition) is 0. The van der Waals surface area contributed by atoms with Crippen LogP contribution in [0.5, 0.6) is 0 Å². The number of hydrogen-bond acceptors (Lipinski definition) is 3. The molecule has 96 valence electrons. The van der Waals surface area contributed by atoms with Gasteiger partial charge in [-0.1, -0.05) is 24.9 Å². The van der Waals surface area contributed by atoms with Crippen LogP contribution in [0.15, 0.2) is 6.33 Å². The zero-order valence-corrected chi connectivity index (χ0v) is 11.9. The van der Waals surface area contributed by atoms with Crippen LogP contribution in [0, 0.1) is 20.8 Å². The molecule has 5 heteroatoms. The van der Waals surface area contributed by atoms with Crippen molar-refractivity contribution in [1.82, 2.24) is 19.7 Å². The first kappa shape index (κ1) is 13.0. The minimum atomic E-state index is 0.520. The molecule has 2 heterocycles. The smallest absolute Gasteiger partial charge is 0.161 e. The standard InChI is InChI=1S/C13H17ClN4/c1-5-6-11-12(14)15-7-16-13(11)18-10(4)8(2)9(3)17-18/h7H,5-6H2,1-4H3. The molecule has 2 aromatic rings. The molecule has 2 rings (SSSR count). The van der Waals surface area contributed by atoms with Crippen LogP contribution < -0.4 is 0 Å². The molecule has 0 amide bonds. The predicted octanol–water partition coefficient (Wildman–Crippen LogP) is 3.19. The Labute approximate surface area is 112 Å². The van der Waals surface area contributed by atoms with Crippen LogP contribution in [-0.2, 0) is 6.42 Å². The van der Waals surface area contributed by atoms with E-state index >= 15 is 0 Å². The van der Waals surface area contributed by atoms with Crippen molar-refractivity contribution in [2.24, 2.45) is 0 Å². The van der Waals surface area contributed by atoms with E-state index in [4.69, 9.17) is 11.6 Å². The van der Waals surface area contributed by atoms with Crippen molar-refractivity contribution in [2.75, 3.05) is 0 Å². The summed E-state index contributed by atoms with van der Waals surface area (Å²) in [5.41, 5.74) is 4.27. The number of aromatic nitrogens is 4. The normalized spacial score (nSPS) is 10.9. The summed E-state index contributed by atoms with van der Waals surface area (Å²) in [4.78, 5) is 8.40. The Balaban J connectivity index is 2.63. The Morgan fingerprint density at radius 2 is 1.94 bits per heavy atom. The van der Waals surface area contributed by atoms with Gasteiger partial charge in [-0.25, -0.2) is 14.6 Å². The highest BCUT2D eigenvalue weighted by Gasteiger charge is 2.15. The topological polar surface area (TPSA) is 43.6 Å². The summed E-state index contributed by atoms with van der Waals surface area (Å²) in [7, 11) is 0. The average Bonchev–Trinajstić information content (AvgIpc) is 2.60. The Morgan fingerprint density at radius 3 is 2.50 bits per heavy atom. The summed E-state index contributed by atoms with van der Waals surface area (Å²) in [6, 6.07) is 0. The van der Waals surface area contributed by atoms with Crippen molar-refractivity contribution in [1.29, 1.82) is 0 Å². The van der Waals surface area contributed by atoms with Crippen molar-refractivity contribution < 1.29 is 0 Å². The molecule has 0 aliphatic rings. The highest BCUT2D eigenvalue weighted by Crippen LogP contribution is 2.23. The zero-order valence-electron chi connectivity index (χ0n) is 11.2. The largest absolute Gasteiger partial charge is 0.224 e. The molecule has 18 heavy (non-hydrogen) atoms. The highest BCUT2D eigenvalue weighted by atomic mass is 35.5. The van der Waals surface area contributed by atoms with Gasteiger partial charge >= 0.3 is 0 Å². The van der Waals surface area contributed by atoms with Gasteiger partial charge in [0.1, 0.15) is 11.5 Å².